The average molecular weight is 441 g/mol. The molecule has 31 heavy (non-hydrogen) atoms. The van der Waals surface area contributed by atoms with Crippen LogP contribution in [0.1, 0.15) is 32.9 Å². The minimum Gasteiger partial charge on any atom is -0.336 e. The van der Waals surface area contributed by atoms with E-state index < -0.39 is 0 Å². The van der Waals surface area contributed by atoms with E-state index in [2.05, 4.69) is 10.00 Å². The summed E-state index contributed by atoms with van der Waals surface area (Å²) in [6, 6.07) is 14.4. The van der Waals surface area contributed by atoms with E-state index in [0.29, 0.717) is 36.8 Å². The molecule has 0 N–H and O–H groups in total. The van der Waals surface area contributed by atoms with Crippen molar-refractivity contribution in [1.29, 1.82) is 0 Å². The van der Waals surface area contributed by atoms with Gasteiger partial charge < -0.3 is 4.90 Å². The summed E-state index contributed by atoms with van der Waals surface area (Å²) in [5.41, 5.74) is 4.38. The smallest absolute Gasteiger partial charge is 0.253 e. The molecule has 1 saturated heterocycles. The number of aromatic nitrogens is 2. The molecule has 2 heterocycles. The Morgan fingerprint density at radius 1 is 1.00 bits per heavy atom. The van der Waals surface area contributed by atoms with Crippen molar-refractivity contribution >= 4 is 17.5 Å². The van der Waals surface area contributed by atoms with Gasteiger partial charge in [-0.3, -0.25) is 14.4 Å². The van der Waals surface area contributed by atoms with Gasteiger partial charge in [-0.15, -0.1) is 0 Å². The van der Waals surface area contributed by atoms with Crippen LogP contribution in [-0.4, -0.2) is 51.7 Å². The zero-order valence-electron chi connectivity index (χ0n) is 17.8. The summed E-state index contributed by atoms with van der Waals surface area (Å²) in [5, 5.41) is 5.16. The number of amides is 1. The molecule has 0 atom stereocenters. The van der Waals surface area contributed by atoms with Crippen LogP contribution in [0.3, 0.4) is 0 Å². The van der Waals surface area contributed by atoms with Gasteiger partial charge in [0.25, 0.3) is 5.91 Å². The summed E-state index contributed by atoms with van der Waals surface area (Å²) >= 11 is 6.25. The Balaban J connectivity index is 1.37. The van der Waals surface area contributed by atoms with Gasteiger partial charge in [-0.05, 0) is 49.2 Å². The highest BCUT2D eigenvalue weighted by Crippen LogP contribution is 2.20. The van der Waals surface area contributed by atoms with Gasteiger partial charge >= 0.3 is 0 Å². The third-order valence-corrected chi connectivity index (χ3v) is 6.30. The van der Waals surface area contributed by atoms with Gasteiger partial charge in [-0.1, -0.05) is 35.9 Å². The normalized spacial score (nSPS) is 14.8. The molecule has 0 radical (unpaired) electrons. The first-order chi connectivity index (χ1) is 14.9. The maximum absolute atomic E-state index is 13.4. The Labute approximate surface area is 187 Å². The molecule has 162 valence electrons. The molecule has 4 rings (SSSR count). The van der Waals surface area contributed by atoms with Crippen LogP contribution in [0.2, 0.25) is 5.02 Å². The van der Waals surface area contributed by atoms with Gasteiger partial charge in [-0.2, -0.15) is 5.10 Å². The molecular weight excluding hydrogens is 415 g/mol. The predicted octanol–water partition coefficient (Wildman–Crippen LogP) is 4.30. The van der Waals surface area contributed by atoms with E-state index in [9.17, 15) is 9.18 Å². The molecular formula is C24H26ClFN4O. The fourth-order valence-electron chi connectivity index (χ4n) is 3.99. The van der Waals surface area contributed by atoms with Crippen molar-refractivity contribution in [2.24, 2.45) is 0 Å². The van der Waals surface area contributed by atoms with E-state index in [-0.39, 0.29) is 11.7 Å². The molecule has 0 unspecified atom stereocenters. The standard InChI is InChI=1S/C24H26ClFN4O/c1-17-23(25)18(2)30(27-17)16-19-5-3-7-21(13-19)24(31)29-11-9-28(10-12-29)15-20-6-4-8-22(26)14-20/h3-8,13-14H,9-12,15-16H2,1-2H3. The van der Waals surface area contributed by atoms with Gasteiger partial charge in [0.2, 0.25) is 0 Å². The van der Waals surface area contributed by atoms with Crippen molar-refractivity contribution in [3.63, 3.8) is 0 Å². The summed E-state index contributed by atoms with van der Waals surface area (Å²) in [4.78, 5) is 17.2. The Kier molecular flexibility index (Phi) is 6.39. The Morgan fingerprint density at radius 2 is 1.68 bits per heavy atom. The second-order valence-corrected chi connectivity index (χ2v) is 8.42. The Bertz CT molecular complexity index is 1090. The maximum atomic E-state index is 13.4. The fraction of sp³-hybridized carbons (Fsp3) is 0.333. The second kappa shape index (κ2) is 9.20. The van der Waals surface area contributed by atoms with Crippen molar-refractivity contribution in [2.45, 2.75) is 26.9 Å². The lowest BCUT2D eigenvalue weighted by Crippen LogP contribution is -2.48. The van der Waals surface area contributed by atoms with Crippen LogP contribution >= 0.6 is 11.6 Å². The highest BCUT2D eigenvalue weighted by Gasteiger charge is 2.22. The molecule has 2 aromatic carbocycles. The van der Waals surface area contributed by atoms with E-state index in [0.717, 1.165) is 35.6 Å². The molecule has 3 aromatic rings. The maximum Gasteiger partial charge on any atom is 0.253 e. The fourth-order valence-corrected chi connectivity index (χ4v) is 4.13. The SMILES string of the molecule is Cc1nn(Cc2cccc(C(=O)N3CCN(Cc4cccc(F)c4)CC3)c2)c(C)c1Cl. The lowest BCUT2D eigenvalue weighted by Gasteiger charge is -2.34. The number of rotatable bonds is 5. The number of hydrogen-bond donors (Lipinski definition) is 0. The number of hydrogen-bond acceptors (Lipinski definition) is 3. The summed E-state index contributed by atoms with van der Waals surface area (Å²) in [6.45, 7) is 7.96. The van der Waals surface area contributed by atoms with Gasteiger partial charge in [0.1, 0.15) is 5.82 Å². The molecule has 1 aromatic heterocycles. The zero-order valence-corrected chi connectivity index (χ0v) is 18.6. The van der Waals surface area contributed by atoms with E-state index in [1.165, 1.54) is 6.07 Å². The highest BCUT2D eigenvalue weighted by atomic mass is 35.5. The minimum atomic E-state index is -0.214. The van der Waals surface area contributed by atoms with E-state index in [1.807, 2.05) is 53.8 Å². The summed E-state index contributed by atoms with van der Waals surface area (Å²) in [7, 11) is 0. The number of aryl methyl sites for hydroxylation is 1. The number of halogens is 2. The van der Waals surface area contributed by atoms with Gasteiger partial charge in [0, 0.05) is 38.3 Å². The average Bonchev–Trinajstić information content (AvgIpc) is 3.00. The number of carbonyl (C=O) groups excluding carboxylic acids is 1. The monoisotopic (exact) mass is 440 g/mol. The topological polar surface area (TPSA) is 41.4 Å². The summed E-state index contributed by atoms with van der Waals surface area (Å²) in [6.07, 6.45) is 0. The van der Waals surface area contributed by atoms with Crippen LogP contribution in [-0.2, 0) is 13.1 Å². The number of piperazine rings is 1. The van der Waals surface area contributed by atoms with Crippen molar-refractivity contribution in [3.05, 3.63) is 87.4 Å². The van der Waals surface area contributed by atoms with Crippen LogP contribution in [0.25, 0.3) is 0 Å². The van der Waals surface area contributed by atoms with Crippen molar-refractivity contribution < 1.29 is 9.18 Å². The lowest BCUT2D eigenvalue weighted by molar-refractivity contribution is 0.0628. The summed E-state index contributed by atoms with van der Waals surface area (Å²) in [5.74, 6) is -0.174. The number of benzene rings is 2. The molecule has 0 aliphatic carbocycles. The number of nitrogens with zero attached hydrogens (tertiary/aromatic N) is 4. The molecule has 0 bridgehead atoms. The number of carbonyl (C=O) groups is 1. The van der Waals surface area contributed by atoms with E-state index in [1.54, 1.807) is 12.1 Å². The minimum absolute atomic E-state index is 0.0404. The summed E-state index contributed by atoms with van der Waals surface area (Å²) < 4.78 is 15.3. The van der Waals surface area contributed by atoms with Crippen LogP contribution in [0, 0.1) is 19.7 Å². The molecule has 0 saturated carbocycles. The van der Waals surface area contributed by atoms with Crippen molar-refractivity contribution in [3.8, 4) is 0 Å². The second-order valence-electron chi connectivity index (χ2n) is 8.04. The van der Waals surface area contributed by atoms with Gasteiger partial charge in [0.15, 0.2) is 0 Å². The van der Waals surface area contributed by atoms with E-state index >= 15 is 0 Å². The predicted molar refractivity (Wildman–Crippen MR) is 120 cm³/mol. The van der Waals surface area contributed by atoms with Crippen LogP contribution in [0.5, 0.6) is 0 Å². The van der Waals surface area contributed by atoms with Crippen LogP contribution in [0.15, 0.2) is 48.5 Å². The molecule has 1 fully saturated rings. The highest BCUT2D eigenvalue weighted by molar-refractivity contribution is 6.31. The molecule has 1 aliphatic heterocycles. The van der Waals surface area contributed by atoms with Crippen molar-refractivity contribution in [2.75, 3.05) is 26.2 Å². The zero-order chi connectivity index (χ0) is 22.0. The molecule has 1 aliphatic rings. The first-order valence-corrected chi connectivity index (χ1v) is 10.8. The van der Waals surface area contributed by atoms with Gasteiger partial charge in [0.05, 0.1) is 23.0 Å². The lowest BCUT2D eigenvalue weighted by atomic mass is 10.1. The Morgan fingerprint density at radius 3 is 2.32 bits per heavy atom. The van der Waals surface area contributed by atoms with E-state index in [4.69, 9.17) is 11.6 Å². The molecule has 1 amide bonds. The Hall–Kier alpha value is -2.70. The first kappa shape index (κ1) is 21.5. The van der Waals surface area contributed by atoms with Crippen LogP contribution < -0.4 is 0 Å². The van der Waals surface area contributed by atoms with Crippen LogP contribution in [0.4, 0.5) is 4.39 Å². The first-order valence-electron chi connectivity index (χ1n) is 10.5. The molecule has 7 heteroatoms. The third kappa shape index (κ3) is 4.97. The molecule has 5 nitrogen and oxygen atoms in total. The van der Waals surface area contributed by atoms with Gasteiger partial charge in [-0.25, -0.2) is 4.39 Å². The quantitative estimate of drug-likeness (QED) is 0.594. The third-order valence-electron chi connectivity index (χ3n) is 5.75. The molecule has 0 spiro atoms. The van der Waals surface area contributed by atoms with Crippen molar-refractivity contribution in [1.82, 2.24) is 19.6 Å². The largest absolute Gasteiger partial charge is 0.336 e.